The number of hydrogen-bond acceptors (Lipinski definition) is 4. The topological polar surface area (TPSA) is 84.2 Å². The Bertz CT molecular complexity index is 351. The van der Waals surface area contributed by atoms with Gasteiger partial charge in [0.2, 0.25) is 11.8 Å². The summed E-state index contributed by atoms with van der Waals surface area (Å²) in [6.07, 6.45) is 0. The van der Waals surface area contributed by atoms with Gasteiger partial charge in [0.15, 0.2) is 0 Å². The minimum absolute atomic E-state index is 0.114. The average molecular weight is 241 g/mol. The van der Waals surface area contributed by atoms with Crippen molar-refractivity contribution in [3.05, 3.63) is 22.4 Å². The van der Waals surface area contributed by atoms with Gasteiger partial charge in [-0.25, -0.2) is 0 Å². The quantitative estimate of drug-likeness (QED) is 0.634. The fourth-order valence-corrected chi connectivity index (χ4v) is 1.86. The van der Waals surface area contributed by atoms with Crippen molar-refractivity contribution in [1.82, 2.24) is 10.6 Å². The molecule has 0 aliphatic heterocycles. The molecule has 0 aromatic carbocycles. The van der Waals surface area contributed by atoms with Crippen LogP contribution < -0.4 is 16.4 Å². The second-order valence-electron chi connectivity index (χ2n) is 3.27. The lowest BCUT2D eigenvalue weighted by molar-refractivity contribution is -0.123. The smallest absolute Gasteiger partial charge is 0.242 e. The predicted molar refractivity (Wildman–Crippen MR) is 62.9 cm³/mol. The van der Waals surface area contributed by atoms with Gasteiger partial charge in [0.05, 0.1) is 0 Å². The average Bonchev–Trinajstić information content (AvgIpc) is 2.76. The van der Waals surface area contributed by atoms with Crippen LogP contribution in [-0.4, -0.2) is 24.9 Å². The van der Waals surface area contributed by atoms with Gasteiger partial charge in [0.25, 0.3) is 0 Å². The molecule has 5 nitrogen and oxygen atoms in total. The first kappa shape index (κ1) is 12.7. The Kier molecular flexibility index (Phi) is 4.94. The molecule has 0 fully saturated rings. The number of carbonyl (C=O) groups excluding carboxylic acids is 2. The second-order valence-corrected chi connectivity index (χ2v) is 4.25. The van der Waals surface area contributed by atoms with E-state index in [9.17, 15) is 9.59 Å². The van der Waals surface area contributed by atoms with Crippen LogP contribution in [0.25, 0.3) is 0 Å². The Morgan fingerprint density at radius 3 is 2.69 bits per heavy atom. The minimum Gasteiger partial charge on any atom is -0.355 e. The van der Waals surface area contributed by atoms with Gasteiger partial charge >= 0.3 is 0 Å². The van der Waals surface area contributed by atoms with Crippen LogP contribution in [0.2, 0.25) is 0 Å². The molecule has 1 heterocycles. The molecular formula is C10H15N3O2S. The fourth-order valence-electron chi connectivity index (χ4n) is 1.13. The summed E-state index contributed by atoms with van der Waals surface area (Å²) in [4.78, 5) is 22.9. The van der Waals surface area contributed by atoms with Crippen LogP contribution in [0.1, 0.15) is 17.8 Å². The van der Waals surface area contributed by atoms with Crippen molar-refractivity contribution in [3.8, 4) is 0 Å². The highest BCUT2D eigenvalue weighted by Gasteiger charge is 2.15. The largest absolute Gasteiger partial charge is 0.355 e. The van der Waals surface area contributed by atoms with Gasteiger partial charge < -0.3 is 16.4 Å². The first-order chi connectivity index (χ1) is 7.61. The van der Waals surface area contributed by atoms with E-state index >= 15 is 0 Å². The standard InChI is InChI=1S/C10H15N3O2S/c1-7(14)12-4-5-13-10(15)9(11)8-3-2-6-16-8/h2-3,6,9H,4-5,11H2,1H3,(H,12,14)(H,13,15). The zero-order valence-electron chi connectivity index (χ0n) is 9.03. The Hall–Kier alpha value is -1.40. The van der Waals surface area contributed by atoms with E-state index in [0.717, 1.165) is 4.88 Å². The second kappa shape index (κ2) is 6.24. The molecule has 1 atom stereocenters. The molecule has 0 radical (unpaired) electrons. The zero-order chi connectivity index (χ0) is 12.0. The molecule has 2 amide bonds. The van der Waals surface area contributed by atoms with Crippen LogP contribution in [-0.2, 0) is 9.59 Å². The summed E-state index contributed by atoms with van der Waals surface area (Å²) < 4.78 is 0. The van der Waals surface area contributed by atoms with E-state index in [0.29, 0.717) is 13.1 Å². The highest BCUT2D eigenvalue weighted by molar-refractivity contribution is 7.10. The first-order valence-electron chi connectivity index (χ1n) is 4.92. The number of rotatable bonds is 5. The minimum atomic E-state index is -0.627. The maximum atomic E-state index is 11.5. The van der Waals surface area contributed by atoms with Crippen molar-refractivity contribution in [2.24, 2.45) is 5.73 Å². The SMILES string of the molecule is CC(=O)NCCNC(=O)C(N)c1cccs1. The number of thiophene rings is 1. The van der Waals surface area contributed by atoms with Gasteiger partial charge in [0.1, 0.15) is 6.04 Å². The summed E-state index contributed by atoms with van der Waals surface area (Å²) in [6.45, 7) is 2.23. The Balaban J connectivity index is 2.27. The van der Waals surface area contributed by atoms with E-state index in [4.69, 9.17) is 5.73 Å². The molecule has 1 aromatic rings. The molecule has 88 valence electrons. The molecule has 0 aliphatic carbocycles. The summed E-state index contributed by atoms with van der Waals surface area (Å²) in [5.41, 5.74) is 5.74. The van der Waals surface area contributed by atoms with E-state index in [2.05, 4.69) is 10.6 Å². The number of nitrogens with one attached hydrogen (secondary N) is 2. The van der Waals surface area contributed by atoms with Gasteiger partial charge in [0, 0.05) is 24.9 Å². The molecule has 1 aromatic heterocycles. The number of carbonyl (C=O) groups is 2. The maximum absolute atomic E-state index is 11.5. The van der Waals surface area contributed by atoms with Gasteiger partial charge in [-0.05, 0) is 11.4 Å². The third-order valence-corrected chi connectivity index (χ3v) is 2.89. The van der Waals surface area contributed by atoms with E-state index in [-0.39, 0.29) is 11.8 Å². The Morgan fingerprint density at radius 1 is 1.44 bits per heavy atom. The molecular weight excluding hydrogens is 226 g/mol. The highest BCUT2D eigenvalue weighted by atomic mass is 32.1. The molecule has 0 aliphatic rings. The first-order valence-corrected chi connectivity index (χ1v) is 5.80. The lowest BCUT2D eigenvalue weighted by atomic mass is 10.2. The highest BCUT2D eigenvalue weighted by Crippen LogP contribution is 2.16. The molecule has 0 spiro atoms. The van der Waals surface area contributed by atoms with Gasteiger partial charge in [-0.15, -0.1) is 11.3 Å². The molecule has 0 saturated carbocycles. The number of amides is 2. The van der Waals surface area contributed by atoms with Gasteiger partial charge in [-0.3, -0.25) is 9.59 Å². The third kappa shape index (κ3) is 4.00. The summed E-state index contributed by atoms with van der Waals surface area (Å²) in [5.74, 6) is -0.343. The predicted octanol–water partition coefficient (Wildman–Crippen LogP) is 0.000200. The van der Waals surface area contributed by atoms with Crippen molar-refractivity contribution in [3.63, 3.8) is 0 Å². The molecule has 1 unspecified atom stereocenters. The van der Waals surface area contributed by atoms with E-state index in [1.165, 1.54) is 18.3 Å². The van der Waals surface area contributed by atoms with Crippen LogP contribution in [0.3, 0.4) is 0 Å². The van der Waals surface area contributed by atoms with Gasteiger partial charge in [-0.1, -0.05) is 6.07 Å². The number of nitrogens with two attached hydrogens (primary N) is 1. The lowest BCUT2D eigenvalue weighted by Gasteiger charge is -2.10. The normalized spacial score (nSPS) is 11.9. The van der Waals surface area contributed by atoms with Crippen LogP contribution in [0, 0.1) is 0 Å². The molecule has 0 bridgehead atoms. The van der Waals surface area contributed by atoms with Crippen LogP contribution in [0.15, 0.2) is 17.5 Å². The summed E-state index contributed by atoms with van der Waals surface area (Å²) in [6, 6.07) is 3.05. The van der Waals surface area contributed by atoms with Crippen molar-refractivity contribution in [2.45, 2.75) is 13.0 Å². The molecule has 16 heavy (non-hydrogen) atoms. The lowest BCUT2D eigenvalue weighted by Crippen LogP contribution is -2.38. The van der Waals surface area contributed by atoms with E-state index < -0.39 is 6.04 Å². The summed E-state index contributed by atoms with van der Waals surface area (Å²) in [5, 5.41) is 7.11. The van der Waals surface area contributed by atoms with Crippen molar-refractivity contribution in [2.75, 3.05) is 13.1 Å². The summed E-state index contributed by atoms with van der Waals surface area (Å²) >= 11 is 1.45. The van der Waals surface area contributed by atoms with Crippen molar-refractivity contribution in [1.29, 1.82) is 0 Å². The third-order valence-electron chi connectivity index (χ3n) is 1.93. The van der Waals surface area contributed by atoms with Crippen LogP contribution >= 0.6 is 11.3 Å². The molecule has 4 N–H and O–H groups in total. The Morgan fingerprint density at radius 2 is 2.12 bits per heavy atom. The van der Waals surface area contributed by atoms with Gasteiger partial charge in [-0.2, -0.15) is 0 Å². The maximum Gasteiger partial charge on any atom is 0.242 e. The Labute approximate surface area is 98.0 Å². The fraction of sp³-hybridized carbons (Fsp3) is 0.400. The van der Waals surface area contributed by atoms with Crippen molar-refractivity contribution < 1.29 is 9.59 Å². The van der Waals surface area contributed by atoms with Crippen LogP contribution in [0.4, 0.5) is 0 Å². The zero-order valence-corrected chi connectivity index (χ0v) is 9.84. The van der Waals surface area contributed by atoms with E-state index in [1.54, 1.807) is 0 Å². The molecule has 0 saturated heterocycles. The van der Waals surface area contributed by atoms with Crippen molar-refractivity contribution >= 4 is 23.2 Å². The monoisotopic (exact) mass is 241 g/mol. The summed E-state index contributed by atoms with van der Waals surface area (Å²) in [7, 11) is 0. The molecule has 1 rings (SSSR count). The van der Waals surface area contributed by atoms with Crippen LogP contribution in [0.5, 0.6) is 0 Å². The molecule has 6 heteroatoms. The number of hydrogen-bond donors (Lipinski definition) is 3. The van der Waals surface area contributed by atoms with E-state index in [1.807, 2.05) is 17.5 Å².